The van der Waals surface area contributed by atoms with E-state index in [1.54, 1.807) is 0 Å². The lowest BCUT2D eigenvalue weighted by atomic mass is 9.97. The van der Waals surface area contributed by atoms with Gasteiger partial charge in [-0.1, -0.05) is 13.0 Å². The number of aromatic nitrogens is 2. The van der Waals surface area contributed by atoms with Crippen molar-refractivity contribution in [2.24, 2.45) is 12.8 Å². The lowest BCUT2D eigenvalue weighted by Gasteiger charge is -2.36. The minimum absolute atomic E-state index is 0.116. The van der Waals surface area contributed by atoms with Gasteiger partial charge in [0.2, 0.25) is 0 Å². The summed E-state index contributed by atoms with van der Waals surface area (Å²) in [5.41, 5.74) is 7.60. The van der Waals surface area contributed by atoms with E-state index in [9.17, 15) is 0 Å². The largest absolute Gasteiger partial charge is 0.326 e. The second kappa shape index (κ2) is 7.20. The molecule has 0 aliphatic carbocycles. The molecule has 5 heteroatoms. The van der Waals surface area contributed by atoms with Gasteiger partial charge in [-0.2, -0.15) is 5.10 Å². The quantitative estimate of drug-likeness (QED) is 0.855. The number of aryl methyl sites for hydroxylation is 1. The molecule has 0 aromatic carbocycles. The monoisotopic (exact) mass is 306 g/mol. The number of rotatable bonds is 7. The maximum atomic E-state index is 6.39. The van der Waals surface area contributed by atoms with Gasteiger partial charge in [0.05, 0.1) is 12.2 Å². The van der Waals surface area contributed by atoms with Crippen LogP contribution in [0.3, 0.4) is 0 Å². The number of hydrogen-bond acceptors (Lipinski definition) is 4. The van der Waals surface area contributed by atoms with E-state index < -0.39 is 0 Å². The van der Waals surface area contributed by atoms with Crippen molar-refractivity contribution in [2.45, 2.75) is 44.8 Å². The van der Waals surface area contributed by atoms with Crippen LogP contribution in [-0.2, 0) is 13.5 Å². The summed E-state index contributed by atoms with van der Waals surface area (Å²) in [5, 5.41) is 6.45. The predicted octanol–water partition coefficient (Wildman–Crippen LogP) is 2.82. The van der Waals surface area contributed by atoms with E-state index >= 15 is 0 Å². The van der Waals surface area contributed by atoms with Crippen LogP contribution in [0.15, 0.2) is 29.9 Å². The molecule has 2 aromatic rings. The van der Waals surface area contributed by atoms with Crippen molar-refractivity contribution in [2.75, 3.05) is 7.05 Å². The third kappa shape index (κ3) is 3.93. The van der Waals surface area contributed by atoms with Gasteiger partial charge in [0, 0.05) is 35.8 Å². The van der Waals surface area contributed by atoms with Crippen molar-refractivity contribution >= 4 is 11.3 Å². The van der Waals surface area contributed by atoms with Gasteiger partial charge in [-0.15, -0.1) is 11.3 Å². The van der Waals surface area contributed by atoms with E-state index in [4.69, 9.17) is 5.73 Å². The summed E-state index contributed by atoms with van der Waals surface area (Å²) in [4.78, 5) is 3.81. The second-order valence-electron chi connectivity index (χ2n) is 5.76. The van der Waals surface area contributed by atoms with Gasteiger partial charge < -0.3 is 5.73 Å². The molecule has 0 amide bonds. The molecule has 0 aliphatic rings. The molecule has 2 N–H and O–H groups in total. The molecule has 2 aromatic heterocycles. The van der Waals surface area contributed by atoms with E-state index in [0.29, 0.717) is 6.04 Å². The SMILES string of the molecule is CCC(N)C(c1cnn(C)c1)N(C)C(C)Cc1cccs1. The van der Waals surface area contributed by atoms with E-state index in [2.05, 4.69) is 54.6 Å². The fraction of sp³-hybridized carbons (Fsp3) is 0.562. The van der Waals surface area contributed by atoms with Crippen LogP contribution in [0.1, 0.15) is 36.8 Å². The molecule has 116 valence electrons. The molecule has 2 rings (SSSR count). The topological polar surface area (TPSA) is 47.1 Å². The second-order valence-corrected chi connectivity index (χ2v) is 6.79. The third-order valence-corrected chi connectivity index (χ3v) is 5.05. The van der Waals surface area contributed by atoms with Gasteiger partial charge in [-0.25, -0.2) is 0 Å². The Morgan fingerprint density at radius 1 is 1.48 bits per heavy atom. The van der Waals surface area contributed by atoms with Crippen LogP contribution in [0.5, 0.6) is 0 Å². The molecule has 0 bridgehead atoms. The van der Waals surface area contributed by atoms with Crippen LogP contribution >= 0.6 is 11.3 Å². The lowest BCUT2D eigenvalue weighted by Crippen LogP contribution is -2.43. The van der Waals surface area contributed by atoms with Gasteiger partial charge in [-0.05, 0) is 38.3 Å². The van der Waals surface area contributed by atoms with Crippen molar-refractivity contribution < 1.29 is 0 Å². The lowest BCUT2D eigenvalue weighted by molar-refractivity contribution is 0.158. The van der Waals surface area contributed by atoms with E-state index in [1.807, 2.05) is 29.3 Å². The molecule has 0 spiro atoms. The van der Waals surface area contributed by atoms with Gasteiger partial charge in [-0.3, -0.25) is 9.58 Å². The summed E-state index contributed by atoms with van der Waals surface area (Å²) < 4.78 is 1.85. The molecule has 21 heavy (non-hydrogen) atoms. The van der Waals surface area contributed by atoms with Gasteiger partial charge >= 0.3 is 0 Å². The molecule has 0 saturated carbocycles. The van der Waals surface area contributed by atoms with E-state index in [0.717, 1.165) is 12.8 Å². The molecule has 4 nitrogen and oxygen atoms in total. The summed E-state index contributed by atoms with van der Waals surface area (Å²) in [6, 6.07) is 5.08. The number of nitrogens with zero attached hydrogens (tertiary/aromatic N) is 3. The fourth-order valence-electron chi connectivity index (χ4n) is 2.74. The van der Waals surface area contributed by atoms with Crippen molar-refractivity contribution in [3.63, 3.8) is 0 Å². The maximum absolute atomic E-state index is 6.39. The Morgan fingerprint density at radius 3 is 2.76 bits per heavy atom. The molecule has 3 unspecified atom stereocenters. The molecule has 0 radical (unpaired) electrons. The standard InChI is InChI=1S/C16H26N4S/c1-5-15(17)16(13-10-18-19(3)11-13)20(4)12(2)9-14-7-6-8-21-14/h6-8,10-12,15-16H,5,9,17H2,1-4H3. The summed E-state index contributed by atoms with van der Waals surface area (Å²) in [5.74, 6) is 0. The molecular weight excluding hydrogens is 280 g/mol. The Balaban J connectivity index is 2.15. The Labute approximate surface area is 131 Å². The summed E-state index contributed by atoms with van der Waals surface area (Å²) in [6.07, 6.45) is 6.03. The van der Waals surface area contributed by atoms with Crippen molar-refractivity contribution in [1.82, 2.24) is 14.7 Å². The van der Waals surface area contributed by atoms with Crippen LogP contribution in [0.25, 0.3) is 0 Å². The van der Waals surface area contributed by atoms with Gasteiger partial charge in [0.15, 0.2) is 0 Å². The zero-order chi connectivity index (χ0) is 15.4. The first-order valence-electron chi connectivity index (χ1n) is 7.51. The first kappa shape index (κ1) is 16.2. The Kier molecular flexibility index (Phi) is 5.56. The molecule has 0 aliphatic heterocycles. The van der Waals surface area contributed by atoms with Crippen LogP contribution < -0.4 is 5.73 Å². The van der Waals surface area contributed by atoms with Crippen LogP contribution in [0.2, 0.25) is 0 Å². The number of likely N-dealkylation sites (N-methyl/N-ethyl adjacent to an activating group) is 1. The summed E-state index contributed by atoms with van der Waals surface area (Å²) >= 11 is 1.82. The zero-order valence-electron chi connectivity index (χ0n) is 13.4. The Morgan fingerprint density at radius 2 is 2.24 bits per heavy atom. The van der Waals surface area contributed by atoms with Crippen LogP contribution in [0.4, 0.5) is 0 Å². The first-order chi connectivity index (χ1) is 10.0. The van der Waals surface area contributed by atoms with Crippen molar-refractivity contribution in [3.05, 3.63) is 40.3 Å². The zero-order valence-corrected chi connectivity index (χ0v) is 14.2. The van der Waals surface area contributed by atoms with Crippen molar-refractivity contribution in [1.29, 1.82) is 0 Å². The average molecular weight is 306 g/mol. The number of nitrogens with two attached hydrogens (primary N) is 1. The average Bonchev–Trinajstić information content (AvgIpc) is 3.10. The number of thiophene rings is 1. The van der Waals surface area contributed by atoms with E-state index in [-0.39, 0.29) is 12.1 Å². The smallest absolute Gasteiger partial charge is 0.0538 e. The highest BCUT2D eigenvalue weighted by atomic mass is 32.1. The van der Waals surface area contributed by atoms with E-state index in [1.165, 1.54) is 10.4 Å². The highest BCUT2D eigenvalue weighted by Gasteiger charge is 2.27. The molecule has 3 atom stereocenters. The Bertz CT molecular complexity index is 534. The molecule has 0 fully saturated rings. The highest BCUT2D eigenvalue weighted by Crippen LogP contribution is 2.27. The summed E-state index contributed by atoms with van der Waals surface area (Å²) in [6.45, 7) is 4.41. The minimum atomic E-state index is 0.116. The Hall–Kier alpha value is -1.17. The van der Waals surface area contributed by atoms with Gasteiger partial charge in [0.1, 0.15) is 0 Å². The van der Waals surface area contributed by atoms with Crippen molar-refractivity contribution in [3.8, 4) is 0 Å². The minimum Gasteiger partial charge on any atom is -0.326 e. The van der Waals surface area contributed by atoms with Crippen LogP contribution in [-0.4, -0.2) is 33.8 Å². The normalized spacial score (nSPS) is 16.1. The maximum Gasteiger partial charge on any atom is 0.0538 e. The highest BCUT2D eigenvalue weighted by molar-refractivity contribution is 7.09. The fourth-order valence-corrected chi connectivity index (χ4v) is 3.57. The molecule has 0 saturated heterocycles. The molecular formula is C16H26N4S. The first-order valence-corrected chi connectivity index (χ1v) is 8.39. The number of hydrogen-bond donors (Lipinski definition) is 1. The summed E-state index contributed by atoms with van der Waals surface area (Å²) in [7, 11) is 4.12. The molecule has 2 heterocycles. The van der Waals surface area contributed by atoms with Gasteiger partial charge in [0.25, 0.3) is 0 Å². The van der Waals surface area contributed by atoms with Crippen LogP contribution in [0, 0.1) is 0 Å². The third-order valence-electron chi connectivity index (χ3n) is 4.15. The predicted molar refractivity (Wildman–Crippen MR) is 89.5 cm³/mol.